The molecule has 0 aromatic carbocycles. The molecular formula is C25H26F3N5O5S2. The Morgan fingerprint density at radius 3 is 2.85 bits per heavy atom. The number of hydrogen-bond acceptors (Lipinski definition) is 10. The second-order valence-corrected chi connectivity index (χ2v) is 12.3. The molecule has 3 aromatic rings. The number of ketones is 1. The first-order valence-electron chi connectivity index (χ1n) is 12.5. The summed E-state index contributed by atoms with van der Waals surface area (Å²) in [7, 11) is -4.02. The smallest absolute Gasteiger partial charge is 0.367 e. The van der Waals surface area contributed by atoms with Crippen LogP contribution in [0.25, 0.3) is 0 Å². The number of anilines is 1. The van der Waals surface area contributed by atoms with Crippen LogP contribution in [0.4, 0.5) is 19.0 Å². The molecule has 1 aliphatic heterocycles. The van der Waals surface area contributed by atoms with Crippen molar-refractivity contribution < 1.29 is 35.3 Å². The van der Waals surface area contributed by atoms with Crippen LogP contribution in [-0.4, -0.2) is 48.4 Å². The van der Waals surface area contributed by atoms with Crippen molar-refractivity contribution in [2.45, 2.75) is 50.9 Å². The van der Waals surface area contributed by atoms with E-state index in [0.717, 1.165) is 10.9 Å². The largest absolute Gasteiger partial charge is 0.433 e. The van der Waals surface area contributed by atoms with Crippen LogP contribution in [0.3, 0.4) is 0 Å². The van der Waals surface area contributed by atoms with Gasteiger partial charge in [-0.25, -0.2) is 20.1 Å². The van der Waals surface area contributed by atoms with Crippen molar-refractivity contribution in [1.29, 1.82) is 0 Å². The first-order chi connectivity index (χ1) is 18.9. The van der Waals surface area contributed by atoms with Crippen LogP contribution in [0.1, 0.15) is 68.0 Å². The number of nitrogens with two attached hydrogens (primary N) is 1. The van der Waals surface area contributed by atoms with Crippen LogP contribution in [0, 0.1) is 12.8 Å². The van der Waals surface area contributed by atoms with Gasteiger partial charge in [0.15, 0.2) is 0 Å². The third kappa shape index (κ3) is 6.33. The van der Waals surface area contributed by atoms with Gasteiger partial charge in [0, 0.05) is 22.7 Å². The van der Waals surface area contributed by atoms with Crippen LogP contribution in [0.5, 0.6) is 0 Å². The molecule has 1 fully saturated rings. The van der Waals surface area contributed by atoms with Gasteiger partial charge in [-0.2, -0.15) is 21.6 Å². The highest BCUT2D eigenvalue weighted by Gasteiger charge is 2.36. The molecule has 15 heteroatoms. The van der Waals surface area contributed by atoms with Gasteiger partial charge in [-0.3, -0.25) is 8.98 Å². The maximum absolute atomic E-state index is 13.6. The molecule has 3 aromatic heterocycles. The molecule has 1 aliphatic carbocycles. The van der Waals surface area contributed by atoms with E-state index in [1.165, 1.54) is 29.9 Å². The van der Waals surface area contributed by atoms with E-state index in [1.807, 2.05) is 0 Å². The van der Waals surface area contributed by atoms with Crippen LogP contribution in [0.15, 0.2) is 30.7 Å². The quantitative estimate of drug-likeness (QED) is 0.369. The van der Waals surface area contributed by atoms with Crippen LogP contribution in [0.2, 0.25) is 0 Å². The molecule has 1 unspecified atom stereocenters. The van der Waals surface area contributed by atoms with Gasteiger partial charge in [-0.15, -0.1) is 11.3 Å². The number of thiophene rings is 1. The highest BCUT2D eigenvalue weighted by molar-refractivity contribution is 7.84. The highest BCUT2D eigenvalue weighted by Crippen LogP contribution is 2.39. The molecule has 4 heterocycles. The molecule has 1 saturated carbocycles. The van der Waals surface area contributed by atoms with Crippen molar-refractivity contribution in [1.82, 2.24) is 15.0 Å². The number of aryl methyl sites for hydroxylation is 1. The summed E-state index contributed by atoms with van der Waals surface area (Å²) in [6.45, 7) is 2.08. The van der Waals surface area contributed by atoms with Gasteiger partial charge in [0.25, 0.3) is 0 Å². The molecular weight excluding hydrogens is 571 g/mol. The minimum Gasteiger partial charge on any atom is -0.367 e. The SMILES string of the molecule is Cc1sc(C(=O)c2cncnc2N[C@H]2CC[C@@H](COS(N)(=O)=O)C2)cc1C1OCCc2ccc(C(F)(F)F)nc21. The van der Waals surface area contributed by atoms with Crippen molar-refractivity contribution in [3.63, 3.8) is 0 Å². The number of alkyl halides is 3. The maximum atomic E-state index is 13.6. The number of nitrogens with one attached hydrogen (secondary N) is 1. The summed E-state index contributed by atoms with van der Waals surface area (Å²) in [5.74, 6) is -0.0342. The van der Waals surface area contributed by atoms with E-state index >= 15 is 0 Å². The standard InChI is InChI=1S/C25H26F3N5O5S2/c1-13-17(23-21-15(6-7-37-23)3-5-20(33-21)25(26,27)28)9-19(39-13)22(34)18-10-30-12-31-24(18)32-16-4-2-14(8-16)11-38-40(29,35)36/h3,5,9-10,12,14,16,23H,2,4,6-8,11H2,1H3,(H2,29,35,36)(H,30,31,32)/t14-,16+,23?/m1/s1. The fraction of sp³-hybridized carbons (Fsp3) is 0.440. The third-order valence-electron chi connectivity index (χ3n) is 6.98. The molecule has 214 valence electrons. The van der Waals surface area contributed by atoms with Crippen molar-refractivity contribution >= 4 is 33.2 Å². The Hall–Kier alpha value is -2.98. The van der Waals surface area contributed by atoms with E-state index < -0.39 is 28.3 Å². The van der Waals surface area contributed by atoms with E-state index in [2.05, 4.69) is 20.3 Å². The molecule has 0 radical (unpaired) electrons. The predicted molar refractivity (Wildman–Crippen MR) is 139 cm³/mol. The summed E-state index contributed by atoms with van der Waals surface area (Å²) in [4.78, 5) is 26.8. The minimum atomic E-state index is -4.59. The zero-order valence-electron chi connectivity index (χ0n) is 21.3. The lowest BCUT2D eigenvalue weighted by Gasteiger charge is -2.26. The van der Waals surface area contributed by atoms with Gasteiger partial charge < -0.3 is 10.1 Å². The summed E-state index contributed by atoms with van der Waals surface area (Å²) >= 11 is 1.21. The summed E-state index contributed by atoms with van der Waals surface area (Å²) < 4.78 is 72.8. The van der Waals surface area contributed by atoms with Crippen molar-refractivity contribution in [3.8, 4) is 0 Å². The number of carbonyl (C=O) groups excluding carboxylic acids is 1. The van der Waals surface area contributed by atoms with Gasteiger partial charge in [0.2, 0.25) is 5.78 Å². The predicted octanol–water partition coefficient (Wildman–Crippen LogP) is 3.95. The van der Waals surface area contributed by atoms with Crippen molar-refractivity contribution in [2.24, 2.45) is 11.1 Å². The zero-order chi connectivity index (χ0) is 28.7. The lowest BCUT2D eigenvalue weighted by molar-refractivity contribution is -0.141. The summed E-state index contributed by atoms with van der Waals surface area (Å²) in [6, 6.07) is 3.97. The first kappa shape index (κ1) is 28.5. The van der Waals surface area contributed by atoms with Crippen LogP contribution >= 0.6 is 11.3 Å². The Balaban J connectivity index is 1.36. The molecule has 5 rings (SSSR count). The molecule has 0 amide bonds. The Kier molecular flexibility index (Phi) is 7.94. The van der Waals surface area contributed by atoms with E-state index in [0.29, 0.717) is 54.1 Å². The maximum Gasteiger partial charge on any atom is 0.433 e. The van der Waals surface area contributed by atoms with Crippen molar-refractivity contribution in [2.75, 3.05) is 18.5 Å². The molecule has 2 aliphatic rings. The normalized spacial score (nSPS) is 21.3. The summed E-state index contributed by atoms with van der Waals surface area (Å²) in [5, 5.41) is 8.17. The fourth-order valence-corrected chi connectivity index (χ4v) is 6.44. The van der Waals surface area contributed by atoms with Gasteiger partial charge in [-0.05, 0) is 56.2 Å². The third-order valence-corrected chi connectivity index (χ3v) is 8.51. The highest BCUT2D eigenvalue weighted by atomic mass is 32.2. The Morgan fingerprint density at radius 2 is 2.10 bits per heavy atom. The number of halogens is 3. The second-order valence-electron chi connectivity index (χ2n) is 9.77. The Bertz CT molecular complexity index is 1530. The number of pyridine rings is 1. The average Bonchev–Trinajstić information content (AvgIpc) is 3.52. The van der Waals surface area contributed by atoms with Crippen LogP contribution < -0.4 is 10.5 Å². The van der Waals surface area contributed by atoms with Gasteiger partial charge in [0.05, 0.1) is 29.3 Å². The number of hydrogen-bond donors (Lipinski definition) is 2. The van der Waals surface area contributed by atoms with Crippen molar-refractivity contribution in [3.05, 3.63) is 68.6 Å². The Morgan fingerprint density at radius 1 is 1.30 bits per heavy atom. The molecule has 3 N–H and O–H groups in total. The summed E-state index contributed by atoms with van der Waals surface area (Å²) in [6.07, 6.45) is -0.231. The monoisotopic (exact) mass is 597 g/mol. The molecule has 3 atom stereocenters. The Labute approximate surface area is 232 Å². The number of fused-ring (bicyclic) bond motifs is 1. The zero-order valence-corrected chi connectivity index (χ0v) is 22.9. The lowest BCUT2D eigenvalue weighted by Crippen LogP contribution is -2.22. The topological polar surface area (TPSA) is 146 Å². The number of carbonyl (C=O) groups is 1. The summed E-state index contributed by atoms with van der Waals surface area (Å²) in [5.41, 5.74) is 0.708. The molecule has 40 heavy (non-hydrogen) atoms. The first-order valence-corrected chi connectivity index (χ1v) is 14.7. The molecule has 0 spiro atoms. The van der Waals surface area contributed by atoms with Crippen LogP contribution in [-0.2, 0) is 31.8 Å². The van der Waals surface area contributed by atoms with E-state index in [1.54, 1.807) is 13.0 Å². The fourth-order valence-electron chi connectivity index (χ4n) is 5.06. The number of aromatic nitrogens is 3. The molecule has 10 nitrogen and oxygen atoms in total. The number of nitrogens with zero attached hydrogens (tertiary/aromatic N) is 3. The average molecular weight is 598 g/mol. The van der Waals surface area contributed by atoms with E-state index in [9.17, 15) is 26.4 Å². The molecule has 0 saturated heterocycles. The van der Waals surface area contributed by atoms with Gasteiger partial charge in [0.1, 0.15) is 23.9 Å². The lowest BCUT2D eigenvalue weighted by atomic mass is 9.97. The van der Waals surface area contributed by atoms with E-state index in [-0.39, 0.29) is 35.6 Å². The number of rotatable bonds is 8. The minimum absolute atomic E-state index is 0.0183. The van der Waals surface area contributed by atoms with E-state index in [4.69, 9.17) is 14.1 Å². The molecule has 0 bridgehead atoms. The second kappa shape index (κ2) is 11.1. The van der Waals surface area contributed by atoms with Gasteiger partial charge >= 0.3 is 16.5 Å². The van der Waals surface area contributed by atoms with Gasteiger partial charge in [-0.1, -0.05) is 6.07 Å². The number of ether oxygens (including phenoxy) is 1.